The Kier molecular flexibility index (Phi) is 4.42. The van der Waals surface area contributed by atoms with Gasteiger partial charge in [-0.15, -0.1) is 0 Å². The summed E-state index contributed by atoms with van der Waals surface area (Å²) in [6, 6.07) is 8.47. The Bertz CT molecular complexity index is 665. The van der Waals surface area contributed by atoms with Crippen molar-refractivity contribution in [2.45, 2.75) is 6.54 Å². The van der Waals surface area contributed by atoms with Crippen LogP contribution in [0.1, 0.15) is 5.56 Å². The summed E-state index contributed by atoms with van der Waals surface area (Å²) in [5, 5.41) is 14.0. The van der Waals surface area contributed by atoms with Crippen molar-refractivity contribution in [2.75, 3.05) is 5.32 Å². The summed E-state index contributed by atoms with van der Waals surface area (Å²) in [5.74, 6) is -0.517. The van der Waals surface area contributed by atoms with Crippen molar-refractivity contribution in [3.63, 3.8) is 0 Å². The smallest absolute Gasteiger partial charge is 0.271 e. The third-order valence-corrected chi connectivity index (χ3v) is 3.26. The molecule has 0 heterocycles. The molecule has 0 bridgehead atoms. The van der Waals surface area contributed by atoms with E-state index in [9.17, 15) is 14.5 Å². The van der Waals surface area contributed by atoms with Gasteiger partial charge in [-0.1, -0.05) is 29.3 Å². The van der Waals surface area contributed by atoms with Gasteiger partial charge in [0.1, 0.15) is 5.82 Å². The Labute approximate surface area is 124 Å². The average Bonchev–Trinajstić information content (AvgIpc) is 2.41. The predicted octanol–water partition coefficient (Wildman–Crippen LogP) is 4.65. The summed E-state index contributed by atoms with van der Waals surface area (Å²) in [6.07, 6.45) is 0. The van der Waals surface area contributed by atoms with Crippen LogP contribution in [0.4, 0.5) is 15.8 Å². The van der Waals surface area contributed by atoms with Crippen LogP contribution in [-0.4, -0.2) is 4.92 Å². The molecule has 0 amide bonds. The first kappa shape index (κ1) is 14.6. The molecule has 4 nitrogen and oxygen atoms in total. The lowest BCUT2D eigenvalue weighted by Crippen LogP contribution is -2.01. The van der Waals surface area contributed by atoms with Crippen LogP contribution in [0.25, 0.3) is 0 Å². The van der Waals surface area contributed by atoms with Crippen LogP contribution in [0.15, 0.2) is 36.4 Å². The predicted molar refractivity (Wildman–Crippen MR) is 76.8 cm³/mol. The SMILES string of the molecule is O=[N+]([O-])c1ccc(Cl)c(NCc2ccc(Cl)c(F)c2)c1. The maximum absolute atomic E-state index is 13.3. The van der Waals surface area contributed by atoms with Gasteiger partial charge in [0.2, 0.25) is 0 Å². The Morgan fingerprint density at radius 1 is 1.15 bits per heavy atom. The monoisotopic (exact) mass is 314 g/mol. The second-order valence-electron chi connectivity index (χ2n) is 4.02. The van der Waals surface area contributed by atoms with E-state index in [4.69, 9.17) is 23.2 Å². The first-order valence-corrected chi connectivity index (χ1v) is 6.34. The van der Waals surface area contributed by atoms with Crippen molar-refractivity contribution in [3.05, 3.63) is 67.9 Å². The molecule has 104 valence electrons. The van der Waals surface area contributed by atoms with E-state index in [0.29, 0.717) is 16.3 Å². The highest BCUT2D eigenvalue weighted by Crippen LogP contribution is 2.27. The molecule has 0 aliphatic carbocycles. The molecule has 1 N–H and O–H groups in total. The fraction of sp³-hybridized carbons (Fsp3) is 0.0769. The van der Waals surface area contributed by atoms with Gasteiger partial charge in [0.05, 0.1) is 20.7 Å². The van der Waals surface area contributed by atoms with E-state index in [0.717, 1.165) is 0 Å². The topological polar surface area (TPSA) is 55.2 Å². The highest BCUT2D eigenvalue weighted by Gasteiger charge is 2.09. The molecule has 0 fully saturated rings. The van der Waals surface area contributed by atoms with E-state index in [1.165, 1.54) is 30.3 Å². The van der Waals surface area contributed by atoms with Crippen molar-refractivity contribution < 1.29 is 9.31 Å². The van der Waals surface area contributed by atoms with Crippen LogP contribution in [-0.2, 0) is 6.54 Å². The maximum atomic E-state index is 13.3. The second-order valence-corrected chi connectivity index (χ2v) is 4.84. The Morgan fingerprint density at radius 3 is 2.50 bits per heavy atom. The third kappa shape index (κ3) is 3.37. The third-order valence-electron chi connectivity index (χ3n) is 2.63. The van der Waals surface area contributed by atoms with Gasteiger partial charge in [0, 0.05) is 18.7 Å². The van der Waals surface area contributed by atoms with Crippen molar-refractivity contribution in [3.8, 4) is 0 Å². The zero-order valence-electron chi connectivity index (χ0n) is 10.1. The first-order chi connectivity index (χ1) is 9.47. The summed E-state index contributed by atoms with van der Waals surface area (Å²) >= 11 is 11.5. The summed E-state index contributed by atoms with van der Waals surface area (Å²) < 4.78 is 13.3. The molecular weight excluding hydrogens is 306 g/mol. The van der Waals surface area contributed by atoms with Crippen molar-refractivity contribution in [2.24, 2.45) is 0 Å². The molecule has 2 rings (SSSR count). The first-order valence-electron chi connectivity index (χ1n) is 5.59. The molecule has 2 aromatic carbocycles. The van der Waals surface area contributed by atoms with E-state index in [-0.39, 0.29) is 17.3 Å². The molecule has 0 aliphatic heterocycles. The molecule has 2 aromatic rings. The van der Waals surface area contributed by atoms with Gasteiger partial charge in [-0.2, -0.15) is 0 Å². The van der Waals surface area contributed by atoms with E-state index in [2.05, 4.69) is 5.32 Å². The number of hydrogen-bond donors (Lipinski definition) is 1. The molecule has 7 heteroatoms. The molecule has 0 aliphatic rings. The van der Waals surface area contributed by atoms with Crippen LogP contribution < -0.4 is 5.32 Å². The van der Waals surface area contributed by atoms with E-state index in [1.54, 1.807) is 6.07 Å². The Morgan fingerprint density at radius 2 is 1.85 bits per heavy atom. The highest BCUT2D eigenvalue weighted by atomic mass is 35.5. The van der Waals surface area contributed by atoms with Gasteiger partial charge < -0.3 is 5.32 Å². The second kappa shape index (κ2) is 6.07. The summed E-state index contributed by atoms with van der Waals surface area (Å²) in [6.45, 7) is 0.273. The molecule has 0 atom stereocenters. The zero-order valence-corrected chi connectivity index (χ0v) is 11.6. The van der Waals surface area contributed by atoms with Gasteiger partial charge in [0.15, 0.2) is 0 Å². The van der Waals surface area contributed by atoms with Gasteiger partial charge >= 0.3 is 0 Å². The maximum Gasteiger partial charge on any atom is 0.271 e. The molecule has 0 radical (unpaired) electrons. The van der Waals surface area contributed by atoms with Gasteiger partial charge in [-0.05, 0) is 23.8 Å². The minimum Gasteiger partial charge on any atom is -0.380 e. The average molecular weight is 315 g/mol. The number of nitro benzene ring substituents is 1. The number of rotatable bonds is 4. The lowest BCUT2D eigenvalue weighted by Gasteiger charge is -2.08. The van der Waals surface area contributed by atoms with Crippen LogP contribution >= 0.6 is 23.2 Å². The molecular formula is C13H9Cl2FN2O2. The number of nitrogens with zero attached hydrogens (tertiary/aromatic N) is 1. The van der Waals surface area contributed by atoms with E-state index >= 15 is 0 Å². The number of halogens is 3. The molecule has 0 saturated carbocycles. The van der Waals surface area contributed by atoms with Crippen LogP contribution in [0.5, 0.6) is 0 Å². The van der Waals surface area contributed by atoms with Gasteiger partial charge in [-0.3, -0.25) is 10.1 Å². The van der Waals surface area contributed by atoms with Crippen LogP contribution in [0.2, 0.25) is 10.0 Å². The summed E-state index contributed by atoms with van der Waals surface area (Å²) in [4.78, 5) is 10.2. The number of hydrogen-bond acceptors (Lipinski definition) is 3. The highest BCUT2D eigenvalue weighted by molar-refractivity contribution is 6.33. The van der Waals surface area contributed by atoms with E-state index < -0.39 is 10.7 Å². The lowest BCUT2D eigenvalue weighted by molar-refractivity contribution is -0.384. The quantitative estimate of drug-likeness (QED) is 0.660. The Hall–Kier alpha value is -1.85. The number of non-ortho nitro benzene ring substituents is 1. The van der Waals surface area contributed by atoms with Gasteiger partial charge in [0.25, 0.3) is 5.69 Å². The van der Waals surface area contributed by atoms with Gasteiger partial charge in [-0.25, -0.2) is 4.39 Å². The van der Waals surface area contributed by atoms with Crippen LogP contribution in [0.3, 0.4) is 0 Å². The number of benzene rings is 2. The molecule has 0 saturated heterocycles. The normalized spacial score (nSPS) is 10.3. The molecule has 20 heavy (non-hydrogen) atoms. The zero-order chi connectivity index (χ0) is 14.7. The molecule has 0 aromatic heterocycles. The molecule has 0 spiro atoms. The fourth-order valence-electron chi connectivity index (χ4n) is 1.61. The standard InChI is InChI=1S/C13H9Cl2FN2O2/c14-10-3-1-8(5-12(10)16)7-17-13-6-9(18(19)20)2-4-11(13)15/h1-6,17H,7H2. The minimum absolute atomic E-state index is 0.0436. The van der Waals surface area contributed by atoms with Crippen molar-refractivity contribution in [1.82, 2.24) is 0 Å². The summed E-state index contributed by atoms with van der Waals surface area (Å²) in [5.41, 5.74) is 0.991. The van der Waals surface area contributed by atoms with Crippen molar-refractivity contribution >= 4 is 34.6 Å². The number of nitro groups is 1. The van der Waals surface area contributed by atoms with Crippen molar-refractivity contribution in [1.29, 1.82) is 0 Å². The minimum atomic E-state index is -0.517. The number of anilines is 1. The molecule has 0 unspecified atom stereocenters. The lowest BCUT2D eigenvalue weighted by atomic mass is 10.2. The van der Waals surface area contributed by atoms with E-state index in [1.807, 2.05) is 0 Å². The number of nitrogens with one attached hydrogen (secondary N) is 1. The van der Waals surface area contributed by atoms with Crippen LogP contribution in [0, 0.1) is 15.9 Å². The fourth-order valence-corrected chi connectivity index (χ4v) is 1.91. The largest absolute Gasteiger partial charge is 0.380 e. The summed E-state index contributed by atoms with van der Waals surface area (Å²) in [7, 11) is 0. The Balaban J connectivity index is 2.15.